The van der Waals surface area contributed by atoms with E-state index in [2.05, 4.69) is 10.0 Å². The lowest BCUT2D eigenvalue weighted by atomic mass is 9.98. The summed E-state index contributed by atoms with van der Waals surface area (Å²) in [4.78, 5) is 31.5. The van der Waals surface area contributed by atoms with E-state index in [1.54, 1.807) is 36.3 Å². The Labute approximate surface area is 239 Å². The Morgan fingerprint density at radius 3 is 2.44 bits per heavy atom. The lowest BCUT2D eigenvalue weighted by Crippen LogP contribution is -2.49. The van der Waals surface area contributed by atoms with E-state index in [0.717, 1.165) is 23.9 Å². The molecule has 0 unspecified atom stereocenters. The van der Waals surface area contributed by atoms with Crippen LogP contribution in [-0.2, 0) is 29.2 Å². The number of carbonyl (C=O) groups excluding carboxylic acids is 2. The fraction of sp³-hybridized carbons (Fsp3) is 0.276. The quantitative estimate of drug-likeness (QED) is 0.153. The monoisotopic (exact) mass is 579 g/mol. The number of nitrogens with one attached hydrogen (secondary N) is 3. The molecule has 0 bridgehead atoms. The number of aryl methyl sites for hydroxylation is 1. The number of amides is 1. The number of nitrogen functional groups attached to an aromatic ring is 1. The first-order valence-electron chi connectivity index (χ1n) is 13.0. The van der Waals surface area contributed by atoms with Gasteiger partial charge in [-0.2, -0.15) is 4.72 Å². The number of nitrogens with two attached hydrogens (primary N) is 1. The Hall–Kier alpha value is -4.26. The maximum Gasteiger partial charge on any atom is 0.325 e. The van der Waals surface area contributed by atoms with Crippen molar-refractivity contribution in [2.75, 3.05) is 18.7 Å². The van der Waals surface area contributed by atoms with Crippen LogP contribution in [0.5, 0.6) is 0 Å². The van der Waals surface area contributed by atoms with Crippen molar-refractivity contribution in [3.8, 4) is 0 Å². The third-order valence-electron chi connectivity index (χ3n) is 6.65. The molecule has 1 saturated heterocycles. The molecule has 11 nitrogen and oxygen atoms in total. The highest BCUT2D eigenvalue weighted by Gasteiger charge is 2.36. The van der Waals surface area contributed by atoms with E-state index >= 15 is 0 Å². The zero-order chi connectivity index (χ0) is 29.6. The number of sulfonamides is 1. The number of hydrogen-bond acceptors (Lipinski definition) is 8. The number of hydroxylamine groups is 1. The average Bonchev–Trinajstić information content (AvgIpc) is 3.39. The summed E-state index contributed by atoms with van der Waals surface area (Å²) >= 11 is 0. The highest BCUT2D eigenvalue weighted by molar-refractivity contribution is 7.89. The van der Waals surface area contributed by atoms with Gasteiger partial charge in [0.05, 0.1) is 36.3 Å². The lowest BCUT2D eigenvalue weighted by Gasteiger charge is -2.25. The number of rotatable bonds is 11. The molecule has 0 radical (unpaired) electrons. The zero-order valence-electron chi connectivity index (χ0n) is 22.7. The van der Waals surface area contributed by atoms with Crippen LogP contribution in [0.3, 0.4) is 0 Å². The van der Waals surface area contributed by atoms with Gasteiger partial charge in [0.15, 0.2) is 0 Å². The van der Waals surface area contributed by atoms with Crippen molar-refractivity contribution in [3.05, 3.63) is 95.6 Å². The first-order valence-corrected chi connectivity index (χ1v) is 14.4. The van der Waals surface area contributed by atoms with Crippen molar-refractivity contribution >= 4 is 33.4 Å². The van der Waals surface area contributed by atoms with Crippen molar-refractivity contribution < 1.29 is 27.6 Å². The van der Waals surface area contributed by atoms with Crippen LogP contribution in [0, 0.1) is 12.3 Å². The topological polar surface area (TPSA) is 164 Å². The van der Waals surface area contributed by atoms with E-state index in [0.29, 0.717) is 12.0 Å². The predicted molar refractivity (Wildman–Crippen MR) is 154 cm³/mol. The molecular weight excluding hydrogens is 546 g/mol. The first kappa shape index (κ1) is 29.7. The minimum Gasteiger partial charge on any atom is -0.468 e. The van der Waals surface area contributed by atoms with Crippen molar-refractivity contribution in [1.29, 1.82) is 5.41 Å². The molecule has 0 saturated carbocycles. The van der Waals surface area contributed by atoms with Gasteiger partial charge in [0.1, 0.15) is 11.9 Å². The van der Waals surface area contributed by atoms with E-state index in [4.69, 9.17) is 20.7 Å². The SMILES string of the molecule is COC(=O)[C@H](CNC(=O)C[C@@H]1C[C@H](c2ccc(C(=N)N)cc2)N(c2ccccc2)O1)NS(=O)(=O)c1cccc(C)c1. The average molecular weight is 580 g/mol. The molecule has 1 aliphatic heterocycles. The smallest absolute Gasteiger partial charge is 0.325 e. The standard InChI is InChI=1S/C29H33N5O6S/c1-19-7-6-10-24(15-19)41(37,38)33-25(29(36)39-2)18-32-27(35)17-23-16-26(20-11-13-21(14-12-20)28(30)31)34(40-23)22-8-4-3-5-9-22/h3-15,23,25-26,33H,16-18H2,1-2H3,(H3,30,31)(H,32,35)/t23-,25-,26+/m0/s1. The van der Waals surface area contributed by atoms with Crippen LogP contribution in [0.1, 0.15) is 35.6 Å². The van der Waals surface area contributed by atoms with Crippen LogP contribution in [0.4, 0.5) is 5.69 Å². The maximum atomic E-state index is 12.9. The molecule has 3 aromatic carbocycles. The molecule has 4 rings (SSSR count). The molecule has 1 fully saturated rings. The second-order valence-electron chi connectivity index (χ2n) is 9.70. The Morgan fingerprint density at radius 2 is 1.80 bits per heavy atom. The largest absolute Gasteiger partial charge is 0.468 e. The summed E-state index contributed by atoms with van der Waals surface area (Å²) in [5.74, 6) is -1.28. The molecular formula is C29H33N5O6S. The first-order chi connectivity index (χ1) is 19.6. The van der Waals surface area contributed by atoms with Gasteiger partial charge >= 0.3 is 5.97 Å². The van der Waals surface area contributed by atoms with Crippen LogP contribution in [-0.4, -0.2) is 51.9 Å². The molecule has 0 aliphatic carbocycles. The van der Waals surface area contributed by atoms with Crippen molar-refractivity contribution in [2.45, 2.75) is 42.8 Å². The van der Waals surface area contributed by atoms with Crippen LogP contribution in [0.15, 0.2) is 83.8 Å². The van der Waals surface area contributed by atoms with Gasteiger partial charge in [-0.25, -0.2) is 13.5 Å². The Morgan fingerprint density at radius 1 is 1.10 bits per heavy atom. The third-order valence-corrected chi connectivity index (χ3v) is 8.12. The number of anilines is 1. The third kappa shape index (κ3) is 7.48. The van der Waals surface area contributed by atoms with E-state index in [-0.39, 0.29) is 29.7 Å². The summed E-state index contributed by atoms with van der Waals surface area (Å²) < 4.78 is 32.8. The zero-order valence-corrected chi connectivity index (χ0v) is 23.6. The van der Waals surface area contributed by atoms with Crippen molar-refractivity contribution in [3.63, 3.8) is 0 Å². The van der Waals surface area contributed by atoms with Crippen LogP contribution < -0.4 is 20.8 Å². The Balaban J connectivity index is 1.43. The number of carbonyl (C=O) groups is 2. The molecule has 0 spiro atoms. The highest BCUT2D eigenvalue weighted by Crippen LogP contribution is 2.39. The number of amidine groups is 1. The maximum absolute atomic E-state index is 12.9. The number of esters is 1. The Bertz CT molecular complexity index is 1500. The summed E-state index contributed by atoms with van der Waals surface area (Å²) in [5.41, 5.74) is 8.68. The van der Waals surface area contributed by atoms with E-state index < -0.39 is 34.0 Å². The van der Waals surface area contributed by atoms with Crippen molar-refractivity contribution in [2.24, 2.45) is 5.73 Å². The second kappa shape index (κ2) is 12.9. The molecule has 1 aliphatic rings. The predicted octanol–water partition coefficient (Wildman–Crippen LogP) is 2.56. The molecule has 3 atom stereocenters. The van der Waals surface area contributed by atoms with Crippen molar-refractivity contribution in [1.82, 2.24) is 10.0 Å². The van der Waals surface area contributed by atoms with E-state index in [9.17, 15) is 18.0 Å². The molecule has 1 amide bonds. The van der Waals surface area contributed by atoms with E-state index in [1.165, 1.54) is 12.1 Å². The summed E-state index contributed by atoms with van der Waals surface area (Å²) in [7, 11) is -2.90. The van der Waals surface area contributed by atoms with Crippen LogP contribution in [0.2, 0.25) is 0 Å². The minimum atomic E-state index is -4.05. The molecule has 1 heterocycles. The van der Waals surface area contributed by atoms with Gasteiger partial charge in [-0.1, -0.05) is 54.6 Å². The van der Waals surface area contributed by atoms with Gasteiger partial charge in [-0.15, -0.1) is 0 Å². The molecule has 216 valence electrons. The number of para-hydroxylation sites is 1. The summed E-state index contributed by atoms with van der Waals surface area (Å²) in [6.07, 6.45) is -0.0280. The van der Waals surface area contributed by atoms with Gasteiger partial charge in [0.2, 0.25) is 15.9 Å². The van der Waals surface area contributed by atoms with Crippen LogP contribution in [0.25, 0.3) is 0 Å². The molecule has 41 heavy (non-hydrogen) atoms. The second-order valence-corrected chi connectivity index (χ2v) is 11.4. The number of benzene rings is 3. The van der Waals surface area contributed by atoms with Gasteiger partial charge in [-0.3, -0.25) is 19.8 Å². The lowest BCUT2D eigenvalue weighted by molar-refractivity contribution is -0.142. The normalized spacial score (nSPS) is 17.6. The fourth-order valence-electron chi connectivity index (χ4n) is 4.56. The number of hydrogen-bond donors (Lipinski definition) is 4. The summed E-state index contributed by atoms with van der Waals surface area (Å²) in [5, 5.41) is 12.0. The summed E-state index contributed by atoms with van der Waals surface area (Å²) in [6, 6.07) is 21.5. The molecule has 5 N–H and O–H groups in total. The Kier molecular flexibility index (Phi) is 9.38. The number of nitrogens with zero attached hydrogens (tertiary/aromatic N) is 1. The molecule has 3 aromatic rings. The number of methoxy groups -OCH3 is 1. The van der Waals surface area contributed by atoms with E-state index in [1.807, 2.05) is 42.5 Å². The minimum absolute atomic E-state index is 0.000431. The molecule has 12 heteroatoms. The highest BCUT2D eigenvalue weighted by atomic mass is 32.2. The van der Waals surface area contributed by atoms with Gasteiger partial charge in [0.25, 0.3) is 0 Å². The van der Waals surface area contributed by atoms with Crippen LogP contribution >= 0.6 is 0 Å². The summed E-state index contributed by atoms with van der Waals surface area (Å²) in [6.45, 7) is 1.45. The van der Waals surface area contributed by atoms with Gasteiger partial charge in [-0.05, 0) is 42.3 Å². The van der Waals surface area contributed by atoms with Gasteiger partial charge < -0.3 is 15.8 Å². The number of ether oxygens (including phenoxy) is 1. The van der Waals surface area contributed by atoms with Gasteiger partial charge in [0, 0.05) is 18.5 Å². The fourth-order valence-corrected chi connectivity index (χ4v) is 5.85. The molecule has 0 aromatic heterocycles.